The van der Waals surface area contributed by atoms with Crippen LogP contribution in [-0.2, 0) is 24.2 Å². The quantitative estimate of drug-likeness (QED) is 0.269. The number of rotatable bonds is 2. The fourth-order valence-corrected chi connectivity index (χ4v) is 13.0. The monoisotopic (exact) mass is 838 g/mol. The van der Waals surface area contributed by atoms with Crippen LogP contribution >= 0.6 is 0 Å². The molecule has 0 aromatic heterocycles. The zero-order valence-corrected chi connectivity index (χ0v) is 39.3. The molecule has 7 aliphatic carbocycles. The molecule has 3 fully saturated rings. The molecule has 0 saturated heterocycles. The Bertz CT molecular complexity index is 1830. The van der Waals surface area contributed by atoms with Crippen LogP contribution in [-0.4, -0.2) is 3.21 Å². The van der Waals surface area contributed by atoms with E-state index in [1.165, 1.54) is 76.2 Å². The normalized spacial score (nSPS) is 41.1. The molecule has 1 aromatic carbocycles. The number of halogens is 2. The average molecular weight is 841 g/mol. The van der Waals surface area contributed by atoms with Crippen LogP contribution in [0.25, 0.3) is 0 Å². The number of hydrogen-bond acceptors (Lipinski definition) is 0. The second-order valence-corrected chi connectivity index (χ2v) is 20.9. The van der Waals surface area contributed by atoms with Gasteiger partial charge in [-0.1, -0.05) is 172 Å². The van der Waals surface area contributed by atoms with Gasteiger partial charge < -0.3 is 31.2 Å². The minimum atomic E-state index is 0. The Balaban J connectivity index is 0.000000215. The van der Waals surface area contributed by atoms with Gasteiger partial charge in [-0.15, -0.1) is 17.4 Å². The number of aryl methyl sites for hydroxylation is 1. The number of hydrogen-bond donors (Lipinski definition) is 0. The van der Waals surface area contributed by atoms with Crippen molar-refractivity contribution in [3.63, 3.8) is 0 Å². The third kappa shape index (κ3) is 6.17. The second-order valence-electron chi connectivity index (χ2n) is 19.0. The molecule has 9 atom stereocenters. The molecule has 0 heterocycles. The zero-order chi connectivity index (χ0) is 38.0. The molecule has 7 aliphatic rings. The first-order chi connectivity index (χ1) is 24.3. The Morgan fingerprint density at radius 1 is 0.722 bits per heavy atom. The van der Waals surface area contributed by atoms with Crippen molar-refractivity contribution in [2.75, 3.05) is 0 Å². The molecule has 0 spiro atoms. The van der Waals surface area contributed by atoms with Crippen LogP contribution in [0.5, 0.6) is 0 Å². The minimum Gasteiger partial charge on any atom is -1.00 e. The fraction of sp³-hybridized carbons (Fsp3) is 0.529. The molecule has 0 amide bonds. The minimum absolute atomic E-state index is 0. The summed E-state index contributed by atoms with van der Waals surface area (Å²) in [4.78, 5) is 0. The van der Waals surface area contributed by atoms with Crippen molar-refractivity contribution < 1.29 is 49.0 Å². The largest absolute Gasteiger partial charge is 1.00 e. The van der Waals surface area contributed by atoms with E-state index in [2.05, 4.69) is 199 Å². The number of benzene rings is 1. The topological polar surface area (TPSA) is 0 Å². The van der Waals surface area contributed by atoms with Crippen molar-refractivity contribution in [1.29, 1.82) is 0 Å². The van der Waals surface area contributed by atoms with Crippen LogP contribution in [0.4, 0.5) is 0 Å². The van der Waals surface area contributed by atoms with Crippen LogP contribution < -0.4 is 24.8 Å². The van der Waals surface area contributed by atoms with Gasteiger partial charge >= 0.3 is 76.7 Å². The summed E-state index contributed by atoms with van der Waals surface area (Å²) in [5.74, 6) is 1.01. The van der Waals surface area contributed by atoms with Crippen molar-refractivity contribution in [3.8, 4) is 0 Å². The predicted octanol–water partition coefficient (Wildman–Crippen LogP) is 7.63. The zero-order valence-electron chi connectivity index (χ0n) is 35.3. The van der Waals surface area contributed by atoms with Crippen LogP contribution in [0, 0.1) is 74.6 Å². The van der Waals surface area contributed by atoms with Gasteiger partial charge in [0, 0.05) is 10.8 Å². The third-order valence-corrected chi connectivity index (χ3v) is 17.8. The van der Waals surface area contributed by atoms with Crippen molar-refractivity contribution in [2.24, 2.45) is 55.2 Å². The van der Waals surface area contributed by atoms with E-state index in [0.717, 1.165) is 0 Å². The molecule has 290 valence electrons. The molecule has 54 heavy (non-hydrogen) atoms. The summed E-state index contributed by atoms with van der Waals surface area (Å²) in [5.41, 5.74) is 6.48. The SMILES string of the molecule is CC1=CC=CC2[CH-]C3(C)C4(C)C=CC=CC4(C)C4(C)C=CC=CC4(C)C3(C)C12C.CC1[C-]=CC(C2(C)CCCCC2)=C1.C[C](=[Zr+2])c1ccc(C)cc1.[Cl-].[Cl-]. The predicted molar refractivity (Wildman–Crippen MR) is 221 cm³/mol. The van der Waals surface area contributed by atoms with Gasteiger partial charge in [0.05, 0.1) is 0 Å². The van der Waals surface area contributed by atoms with Crippen LogP contribution in [0.3, 0.4) is 0 Å². The Hall–Kier alpha value is -1.53. The molecular weight excluding hydrogens is 775 g/mol. The fourth-order valence-electron chi connectivity index (χ4n) is 12.6. The average Bonchev–Trinajstić information content (AvgIpc) is 3.64. The maximum Gasteiger partial charge on any atom is -1.00 e. The summed E-state index contributed by atoms with van der Waals surface area (Å²) < 4.78 is 1.46. The maximum atomic E-state index is 3.37. The summed E-state index contributed by atoms with van der Waals surface area (Å²) >= 11 is 1.51. The molecule has 9 unspecified atom stereocenters. The van der Waals surface area contributed by atoms with E-state index in [1.54, 1.807) is 5.57 Å². The van der Waals surface area contributed by atoms with Crippen LogP contribution in [0.1, 0.15) is 119 Å². The van der Waals surface area contributed by atoms with E-state index >= 15 is 0 Å². The molecule has 0 radical (unpaired) electrons. The summed E-state index contributed by atoms with van der Waals surface area (Å²) in [6, 6.07) is 8.67. The van der Waals surface area contributed by atoms with Crippen LogP contribution in [0.2, 0.25) is 0 Å². The van der Waals surface area contributed by atoms with E-state index in [1.807, 2.05) is 0 Å². The molecule has 0 aliphatic heterocycles. The molecule has 3 heteroatoms. The van der Waals surface area contributed by atoms with Gasteiger partial charge in [0.1, 0.15) is 0 Å². The van der Waals surface area contributed by atoms with Gasteiger partial charge in [0.25, 0.3) is 0 Å². The van der Waals surface area contributed by atoms with E-state index < -0.39 is 0 Å². The summed E-state index contributed by atoms with van der Waals surface area (Å²) in [6.07, 6.45) is 44.3. The molecule has 1 aromatic rings. The molecule has 8 rings (SSSR count). The van der Waals surface area contributed by atoms with Gasteiger partial charge in [0.2, 0.25) is 0 Å². The first-order valence-corrected chi connectivity index (χ1v) is 21.4. The van der Waals surface area contributed by atoms with E-state index in [4.69, 9.17) is 0 Å². The van der Waals surface area contributed by atoms with Gasteiger partial charge in [-0.3, -0.25) is 6.08 Å². The van der Waals surface area contributed by atoms with E-state index in [9.17, 15) is 0 Å². The van der Waals surface area contributed by atoms with Crippen molar-refractivity contribution in [1.82, 2.24) is 0 Å². The number of fused-ring (bicyclic) bond motifs is 8. The van der Waals surface area contributed by atoms with Gasteiger partial charge in [-0.2, -0.15) is 11.6 Å². The van der Waals surface area contributed by atoms with Crippen molar-refractivity contribution >= 4 is 3.21 Å². The summed E-state index contributed by atoms with van der Waals surface area (Å²) in [6.45, 7) is 29.2. The molecular formula is C51H66Cl2Zr-2. The van der Waals surface area contributed by atoms with Gasteiger partial charge in [-0.25, -0.2) is 6.08 Å². The Kier molecular flexibility index (Phi) is 13.1. The Morgan fingerprint density at radius 2 is 1.24 bits per heavy atom. The molecule has 0 bridgehead atoms. The third-order valence-electron chi connectivity index (χ3n) is 17.1. The summed E-state index contributed by atoms with van der Waals surface area (Å²) in [5, 5.41) is 0. The maximum absolute atomic E-state index is 3.37. The summed E-state index contributed by atoms with van der Waals surface area (Å²) in [7, 11) is 0. The molecule has 0 N–H and O–H groups in total. The van der Waals surface area contributed by atoms with E-state index in [-0.39, 0.29) is 62.7 Å². The second kappa shape index (κ2) is 15.7. The van der Waals surface area contributed by atoms with Gasteiger partial charge in [-0.05, 0) is 28.6 Å². The first kappa shape index (κ1) is 45.2. The smallest absolute Gasteiger partial charge is 1.00 e. The van der Waals surface area contributed by atoms with Crippen molar-refractivity contribution in [3.05, 3.63) is 138 Å². The van der Waals surface area contributed by atoms with Gasteiger partial charge in [0.15, 0.2) is 0 Å². The Morgan fingerprint density at radius 3 is 1.76 bits per heavy atom. The van der Waals surface area contributed by atoms with Crippen molar-refractivity contribution in [2.45, 2.75) is 115 Å². The number of allylic oxidation sites excluding steroid dienone is 16. The Labute approximate surface area is 358 Å². The molecule has 0 nitrogen and oxygen atoms in total. The first-order valence-electron chi connectivity index (χ1n) is 20.2. The standard InChI is InChI=1S/C29H37.C13H19.C9H10.2ClH.Zr/c1-21-14-13-15-22-20-27(6)25(4)18-10-9-16-23(25,2)24(3)17-11-12-19-26(24,5)29(27,8)28(21,22)7;1-11-6-7-12(10-11)13(2)8-4-3-5-9-13;1-3-9-6-4-8(2)5-7-9;;;/h9-20,22H,1-8H3;7,10-11H,3-5,8-9H2,1-2H3;4-7H,1-2H3;2*1H;/q2*-1;;;;+2/p-2. The van der Waals surface area contributed by atoms with Crippen LogP contribution in [0.15, 0.2) is 114 Å². The van der Waals surface area contributed by atoms with E-state index in [0.29, 0.717) is 17.3 Å². The molecule has 3 saturated carbocycles.